The highest BCUT2D eigenvalue weighted by atomic mass is 16.6. The first-order valence-corrected chi connectivity index (χ1v) is 12.2. The molecule has 6 aromatic rings. The number of rotatable bonds is 5. The molecule has 0 radical (unpaired) electrons. The normalized spacial score (nSPS) is 19.6. The highest BCUT2D eigenvalue weighted by molar-refractivity contribution is 6.27. The van der Waals surface area contributed by atoms with Gasteiger partial charge in [0, 0.05) is 23.3 Å². The maximum Gasteiger partial charge on any atom is 0.280 e. The standard InChI is InChI=1S/C26H21N7O6/c27-25-30-23-22(24(36)31-25)29-26(32(23)19-9-17(35)18(10-34)39-19)28-15-8-16(33(37)38)14-7-5-12-3-1-2-11-4-6-13(15)21(14)20(11)12/h1-8,17-19,34-35H,9-10H2,(H,28,29)(H3,27,30,31,36)/t17-,18+,19+/m0/s1. The van der Waals surface area contributed by atoms with Gasteiger partial charge in [-0.1, -0.05) is 36.4 Å². The van der Waals surface area contributed by atoms with Gasteiger partial charge in [0.2, 0.25) is 11.9 Å². The van der Waals surface area contributed by atoms with Crippen molar-refractivity contribution in [2.45, 2.75) is 24.9 Å². The van der Waals surface area contributed by atoms with Crippen LogP contribution in [0.15, 0.2) is 53.3 Å². The average molecular weight is 527 g/mol. The molecule has 1 fully saturated rings. The molecular weight excluding hydrogens is 506 g/mol. The Kier molecular flexibility index (Phi) is 4.97. The molecular formula is C26H21N7O6. The summed E-state index contributed by atoms with van der Waals surface area (Å²) in [6, 6.07) is 14.7. The van der Waals surface area contributed by atoms with Crippen molar-refractivity contribution in [1.82, 2.24) is 19.5 Å². The van der Waals surface area contributed by atoms with Crippen molar-refractivity contribution >= 4 is 66.8 Å². The number of aromatic amines is 1. The number of fused-ring (bicyclic) bond motifs is 1. The predicted molar refractivity (Wildman–Crippen MR) is 144 cm³/mol. The number of nitro benzene ring substituents is 1. The fourth-order valence-electron chi connectivity index (χ4n) is 5.59. The van der Waals surface area contributed by atoms with Crippen LogP contribution in [0, 0.1) is 10.1 Å². The van der Waals surface area contributed by atoms with Gasteiger partial charge >= 0.3 is 0 Å². The van der Waals surface area contributed by atoms with Crippen molar-refractivity contribution in [3.8, 4) is 0 Å². The molecule has 1 aliphatic rings. The number of nitro groups is 1. The van der Waals surface area contributed by atoms with Crippen molar-refractivity contribution in [3.63, 3.8) is 0 Å². The van der Waals surface area contributed by atoms with Gasteiger partial charge in [0.1, 0.15) is 12.3 Å². The van der Waals surface area contributed by atoms with E-state index in [2.05, 4.69) is 20.3 Å². The third-order valence-electron chi connectivity index (χ3n) is 7.31. The summed E-state index contributed by atoms with van der Waals surface area (Å²) in [5.41, 5.74) is 5.57. The minimum Gasteiger partial charge on any atom is -0.394 e. The number of nitrogens with two attached hydrogens (primary N) is 1. The molecule has 4 aromatic carbocycles. The second kappa shape index (κ2) is 8.33. The van der Waals surface area contributed by atoms with Gasteiger partial charge in [-0.3, -0.25) is 24.5 Å². The van der Waals surface area contributed by atoms with E-state index in [-0.39, 0.29) is 35.2 Å². The van der Waals surface area contributed by atoms with E-state index in [0.717, 1.165) is 21.5 Å². The third-order valence-corrected chi connectivity index (χ3v) is 7.31. The number of benzene rings is 4. The Morgan fingerprint density at radius 1 is 1.15 bits per heavy atom. The number of aromatic nitrogens is 4. The molecule has 0 amide bonds. The lowest BCUT2D eigenvalue weighted by Crippen LogP contribution is -2.24. The summed E-state index contributed by atoms with van der Waals surface area (Å²) in [5.74, 6) is -0.0375. The number of nitrogen functional groups attached to an aromatic ring is 1. The molecule has 3 atom stereocenters. The number of ether oxygens (including phenoxy) is 1. The molecule has 3 heterocycles. The van der Waals surface area contributed by atoms with Crippen LogP contribution in [0.1, 0.15) is 12.6 Å². The maximum atomic E-state index is 12.7. The number of anilines is 3. The molecule has 13 nitrogen and oxygen atoms in total. The minimum atomic E-state index is -0.972. The van der Waals surface area contributed by atoms with E-state index in [4.69, 9.17) is 10.5 Å². The number of nitrogens with one attached hydrogen (secondary N) is 2. The molecule has 0 unspecified atom stereocenters. The van der Waals surface area contributed by atoms with Gasteiger partial charge < -0.3 is 26.0 Å². The lowest BCUT2D eigenvalue weighted by molar-refractivity contribution is -0.383. The van der Waals surface area contributed by atoms with Crippen LogP contribution in [0.4, 0.5) is 23.3 Å². The van der Waals surface area contributed by atoms with Gasteiger partial charge in [-0.25, -0.2) is 4.98 Å². The lowest BCUT2D eigenvalue weighted by Gasteiger charge is -2.19. The van der Waals surface area contributed by atoms with Gasteiger partial charge in [0.05, 0.1) is 28.7 Å². The van der Waals surface area contributed by atoms with Gasteiger partial charge in [0.15, 0.2) is 11.2 Å². The van der Waals surface area contributed by atoms with Crippen LogP contribution in [-0.2, 0) is 4.74 Å². The van der Waals surface area contributed by atoms with Crippen molar-refractivity contribution in [2.75, 3.05) is 17.7 Å². The zero-order chi connectivity index (χ0) is 27.0. The first-order chi connectivity index (χ1) is 18.8. The fraction of sp³-hybridized carbons (Fsp3) is 0.192. The van der Waals surface area contributed by atoms with Crippen molar-refractivity contribution in [3.05, 3.63) is 69.0 Å². The Morgan fingerprint density at radius 2 is 1.90 bits per heavy atom. The zero-order valence-corrected chi connectivity index (χ0v) is 20.2. The highest BCUT2D eigenvalue weighted by Crippen LogP contribution is 2.43. The smallest absolute Gasteiger partial charge is 0.280 e. The van der Waals surface area contributed by atoms with Gasteiger partial charge in [0.25, 0.3) is 11.2 Å². The largest absolute Gasteiger partial charge is 0.394 e. The van der Waals surface area contributed by atoms with E-state index in [1.54, 1.807) is 6.07 Å². The average Bonchev–Trinajstić information content (AvgIpc) is 3.46. The molecule has 13 heteroatoms. The summed E-state index contributed by atoms with van der Waals surface area (Å²) in [7, 11) is 0. The van der Waals surface area contributed by atoms with E-state index >= 15 is 0 Å². The van der Waals surface area contributed by atoms with Crippen LogP contribution in [0.2, 0.25) is 0 Å². The molecule has 1 saturated heterocycles. The summed E-state index contributed by atoms with van der Waals surface area (Å²) < 4.78 is 7.33. The Labute approximate surface area is 217 Å². The quantitative estimate of drug-likeness (QED) is 0.126. The van der Waals surface area contributed by atoms with Crippen molar-refractivity contribution in [2.24, 2.45) is 0 Å². The zero-order valence-electron chi connectivity index (χ0n) is 20.2. The fourth-order valence-corrected chi connectivity index (χ4v) is 5.59. The molecule has 0 bridgehead atoms. The molecule has 0 spiro atoms. The summed E-state index contributed by atoms with van der Waals surface area (Å²) in [4.78, 5) is 35.5. The minimum absolute atomic E-state index is 0.0375. The molecule has 7 rings (SSSR count). The summed E-state index contributed by atoms with van der Waals surface area (Å²) in [6.45, 7) is -0.412. The molecule has 6 N–H and O–H groups in total. The summed E-state index contributed by atoms with van der Waals surface area (Å²) >= 11 is 0. The number of aliphatic hydroxyl groups is 2. The van der Waals surface area contributed by atoms with Crippen molar-refractivity contribution in [1.29, 1.82) is 0 Å². The van der Waals surface area contributed by atoms with Crippen molar-refractivity contribution < 1.29 is 19.9 Å². The van der Waals surface area contributed by atoms with Crippen LogP contribution >= 0.6 is 0 Å². The topological polar surface area (TPSA) is 194 Å². The maximum absolute atomic E-state index is 12.7. The third kappa shape index (κ3) is 3.41. The van der Waals surface area contributed by atoms with E-state index in [1.807, 2.05) is 36.4 Å². The lowest BCUT2D eigenvalue weighted by atomic mass is 9.92. The highest BCUT2D eigenvalue weighted by Gasteiger charge is 2.37. The van der Waals surface area contributed by atoms with E-state index in [9.17, 15) is 25.1 Å². The molecule has 2 aromatic heterocycles. The molecule has 0 aliphatic carbocycles. The number of H-pyrrole nitrogens is 1. The monoisotopic (exact) mass is 527 g/mol. The number of nitrogens with zero attached hydrogens (tertiary/aromatic N) is 4. The summed E-state index contributed by atoms with van der Waals surface area (Å²) in [5, 5.41) is 40.1. The second-order valence-electron chi connectivity index (χ2n) is 9.55. The predicted octanol–water partition coefficient (Wildman–Crippen LogP) is 2.89. The van der Waals surface area contributed by atoms with Gasteiger partial charge in [-0.15, -0.1) is 0 Å². The van der Waals surface area contributed by atoms with Gasteiger partial charge in [-0.2, -0.15) is 4.98 Å². The van der Waals surface area contributed by atoms with Crippen LogP contribution in [0.3, 0.4) is 0 Å². The molecule has 0 saturated carbocycles. The molecule has 196 valence electrons. The second-order valence-corrected chi connectivity index (χ2v) is 9.55. The number of hydrogen-bond donors (Lipinski definition) is 5. The van der Waals surface area contributed by atoms with Crippen LogP contribution < -0.4 is 16.6 Å². The first-order valence-electron chi connectivity index (χ1n) is 12.2. The van der Waals surface area contributed by atoms with Crippen LogP contribution in [-0.4, -0.2) is 53.5 Å². The number of imidazole rings is 1. The Hall–Kier alpha value is -4.85. The van der Waals surface area contributed by atoms with Crippen LogP contribution in [0.25, 0.3) is 43.5 Å². The van der Waals surface area contributed by atoms with E-state index in [1.165, 1.54) is 10.6 Å². The van der Waals surface area contributed by atoms with Gasteiger partial charge in [-0.05, 0) is 22.2 Å². The summed E-state index contributed by atoms with van der Waals surface area (Å²) in [6.07, 6.45) is -2.60. The first kappa shape index (κ1) is 23.3. The molecule has 1 aliphatic heterocycles. The number of aliphatic hydroxyl groups excluding tert-OH is 2. The molecule has 39 heavy (non-hydrogen) atoms. The number of non-ortho nitro benzene ring substituents is 1. The van der Waals surface area contributed by atoms with E-state index < -0.39 is 35.5 Å². The number of hydrogen-bond acceptors (Lipinski definition) is 10. The Bertz CT molecular complexity index is 1990. The van der Waals surface area contributed by atoms with E-state index in [0.29, 0.717) is 16.5 Å². The Morgan fingerprint density at radius 3 is 2.59 bits per heavy atom. The van der Waals surface area contributed by atoms with Crippen LogP contribution in [0.5, 0.6) is 0 Å². The Balaban J connectivity index is 1.49. The SMILES string of the molecule is Nc1nc2c(nc(Nc3cc([N+](=O)[O-])c4ccc5cccc6ccc3c4c65)n2[C@H]2C[C@H](O)[C@@H](CO)O2)c(=O)[nH]1.